The maximum absolute atomic E-state index is 11.2. The summed E-state index contributed by atoms with van der Waals surface area (Å²) in [5.41, 5.74) is 2.46. The van der Waals surface area contributed by atoms with Crippen molar-refractivity contribution in [2.75, 3.05) is 6.54 Å². The lowest BCUT2D eigenvalue weighted by Crippen LogP contribution is -2.29. The second-order valence-corrected chi connectivity index (χ2v) is 8.15. The molecule has 1 aromatic heterocycles. The van der Waals surface area contributed by atoms with Gasteiger partial charge in [-0.2, -0.15) is 5.10 Å². The summed E-state index contributed by atoms with van der Waals surface area (Å²) in [6, 6.07) is 10.1. The molecule has 0 saturated heterocycles. The Balaban J connectivity index is 2.11. The third-order valence-electron chi connectivity index (χ3n) is 4.34. The molecule has 2 rings (SSSR count). The van der Waals surface area contributed by atoms with Gasteiger partial charge < -0.3 is 10.4 Å². The van der Waals surface area contributed by atoms with Crippen LogP contribution in [0.15, 0.2) is 36.5 Å². The minimum atomic E-state index is -0.762. The zero-order valence-electron chi connectivity index (χ0n) is 15.8. The molecule has 1 heterocycles. The predicted molar refractivity (Wildman–Crippen MR) is 100 cm³/mol. The Kier molecular flexibility index (Phi) is 5.68. The van der Waals surface area contributed by atoms with Crippen molar-refractivity contribution in [3.05, 3.63) is 47.8 Å². The molecular weight excluding hydrogens is 314 g/mol. The van der Waals surface area contributed by atoms with Crippen LogP contribution >= 0.6 is 0 Å². The van der Waals surface area contributed by atoms with Gasteiger partial charge in [0.1, 0.15) is 0 Å². The molecule has 0 fully saturated rings. The van der Waals surface area contributed by atoms with Crippen LogP contribution in [0.2, 0.25) is 0 Å². The number of rotatable bonds is 7. The molecule has 0 aliphatic carbocycles. The van der Waals surface area contributed by atoms with Gasteiger partial charge in [-0.25, -0.2) is 4.68 Å². The van der Waals surface area contributed by atoms with Crippen molar-refractivity contribution in [2.45, 2.75) is 53.0 Å². The first-order chi connectivity index (χ1) is 11.6. The highest BCUT2D eigenvalue weighted by molar-refractivity contribution is 5.73. The van der Waals surface area contributed by atoms with E-state index in [2.05, 4.69) is 32.3 Å². The van der Waals surface area contributed by atoms with Gasteiger partial charge in [-0.15, -0.1) is 0 Å². The van der Waals surface area contributed by atoms with Crippen molar-refractivity contribution in [1.82, 2.24) is 15.1 Å². The Morgan fingerprint density at radius 1 is 1.16 bits per heavy atom. The van der Waals surface area contributed by atoms with Crippen molar-refractivity contribution >= 4 is 5.97 Å². The van der Waals surface area contributed by atoms with E-state index in [1.54, 1.807) is 13.8 Å². The Bertz CT molecular complexity index is 712. The number of carbonyl (C=O) groups is 1. The van der Waals surface area contributed by atoms with Gasteiger partial charge in [-0.1, -0.05) is 39.0 Å². The lowest BCUT2D eigenvalue weighted by molar-refractivity contribution is -0.147. The first-order valence-corrected chi connectivity index (χ1v) is 8.70. The number of nitrogens with zero attached hydrogens (tertiary/aromatic N) is 2. The smallest absolute Gasteiger partial charge is 0.309 e. The van der Waals surface area contributed by atoms with Crippen molar-refractivity contribution in [3.63, 3.8) is 0 Å². The first kappa shape index (κ1) is 19.2. The Morgan fingerprint density at radius 2 is 1.80 bits per heavy atom. The van der Waals surface area contributed by atoms with E-state index >= 15 is 0 Å². The van der Waals surface area contributed by atoms with Crippen LogP contribution in [0.1, 0.15) is 52.3 Å². The molecule has 1 aromatic carbocycles. The average molecular weight is 343 g/mol. The van der Waals surface area contributed by atoms with Crippen LogP contribution in [0, 0.1) is 5.41 Å². The number of hydrogen-bond donors (Lipinski definition) is 2. The second kappa shape index (κ2) is 7.40. The van der Waals surface area contributed by atoms with Gasteiger partial charge in [0.15, 0.2) is 0 Å². The van der Waals surface area contributed by atoms with Crippen molar-refractivity contribution in [1.29, 1.82) is 0 Å². The summed E-state index contributed by atoms with van der Waals surface area (Å²) < 4.78 is 1.92. The summed E-state index contributed by atoms with van der Waals surface area (Å²) in [6.07, 6.45) is 2.64. The van der Waals surface area contributed by atoms with E-state index in [1.807, 2.05) is 35.0 Å². The minimum Gasteiger partial charge on any atom is -0.481 e. The average Bonchev–Trinajstić information content (AvgIpc) is 2.97. The van der Waals surface area contributed by atoms with Gasteiger partial charge in [0.05, 0.1) is 16.8 Å². The van der Waals surface area contributed by atoms with Gasteiger partial charge in [-0.3, -0.25) is 4.79 Å². The van der Waals surface area contributed by atoms with E-state index < -0.39 is 11.4 Å². The molecule has 2 aromatic rings. The zero-order valence-corrected chi connectivity index (χ0v) is 15.8. The lowest BCUT2D eigenvalue weighted by atomic mass is 9.89. The summed E-state index contributed by atoms with van der Waals surface area (Å²) >= 11 is 0. The van der Waals surface area contributed by atoms with Crippen molar-refractivity contribution in [2.24, 2.45) is 5.41 Å². The van der Waals surface area contributed by atoms with Crippen molar-refractivity contribution < 1.29 is 9.90 Å². The van der Waals surface area contributed by atoms with Gasteiger partial charge >= 0.3 is 5.97 Å². The molecule has 0 bridgehead atoms. The highest BCUT2D eigenvalue weighted by atomic mass is 16.4. The summed E-state index contributed by atoms with van der Waals surface area (Å²) in [7, 11) is 0. The molecule has 5 heteroatoms. The molecule has 0 saturated carbocycles. The Labute approximate surface area is 150 Å². The molecule has 0 aliphatic rings. The number of benzene rings is 1. The highest BCUT2D eigenvalue weighted by Gasteiger charge is 2.26. The number of para-hydroxylation sites is 1. The second-order valence-electron chi connectivity index (χ2n) is 8.15. The molecule has 0 unspecified atom stereocenters. The topological polar surface area (TPSA) is 67.2 Å². The van der Waals surface area contributed by atoms with Crippen LogP contribution < -0.4 is 5.32 Å². The van der Waals surface area contributed by atoms with Gasteiger partial charge in [0.25, 0.3) is 0 Å². The van der Waals surface area contributed by atoms with E-state index in [4.69, 9.17) is 5.10 Å². The van der Waals surface area contributed by atoms with Crippen LogP contribution in [0.3, 0.4) is 0 Å². The van der Waals surface area contributed by atoms with Crippen LogP contribution in [-0.2, 0) is 16.8 Å². The first-order valence-electron chi connectivity index (χ1n) is 8.70. The fraction of sp³-hybridized carbons (Fsp3) is 0.500. The number of aromatic nitrogens is 2. The standard InChI is InChI=1S/C20H29N3O2/c1-19(2,3)17-15(13-21-12-11-20(4,5)18(24)25)14-23(22-17)16-9-7-6-8-10-16/h6-10,14,21H,11-13H2,1-5H3,(H,24,25). The third kappa shape index (κ3) is 4.92. The highest BCUT2D eigenvalue weighted by Crippen LogP contribution is 2.26. The number of aliphatic carboxylic acids is 1. The molecule has 136 valence electrons. The lowest BCUT2D eigenvalue weighted by Gasteiger charge is -2.20. The van der Waals surface area contributed by atoms with Crippen molar-refractivity contribution in [3.8, 4) is 5.69 Å². The number of carboxylic acids is 1. The fourth-order valence-corrected chi connectivity index (χ4v) is 2.61. The van der Waals surface area contributed by atoms with E-state index in [1.165, 1.54) is 0 Å². The van der Waals surface area contributed by atoms with Crippen LogP contribution in [0.5, 0.6) is 0 Å². The molecule has 0 atom stereocenters. The molecule has 0 radical (unpaired) electrons. The van der Waals surface area contributed by atoms with Crippen LogP contribution in [0.25, 0.3) is 5.69 Å². The van der Waals surface area contributed by atoms with E-state index in [0.29, 0.717) is 19.5 Å². The predicted octanol–water partition coefficient (Wildman–Crippen LogP) is 3.76. The molecule has 0 aliphatic heterocycles. The van der Waals surface area contributed by atoms with E-state index in [9.17, 15) is 9.90 Å². The summed E-state index contributed by atoms with van der Waals surface area (Å²) in [5, 5.41) is 17.4. The molecule has 25 heavy (non-hydrogen) atoms. The normalized spacial score (nSPS) is 12.4. The van der Waals surface area contributed by atoms with E-state index in [-0.39, 0.29) is 5.41 Å². The maximum Gasteiger partial charge on any atom is 0.309 e. The molecule has 5 nitrogen and oxygen atoms in total. The van der Waals surface area contributed by atoms with Gasteiger partial charge in [0.2, 0.25) is 0 Å². The molecule has 2 N–H and O–H groups in total. The SMILES string of the molecule is CC(C)(CCNCc1cn(-c2ccccc2)nc1C(C)(C)C)C(=O)O. The zero-order chi connectivity index (χ0) is 18.7. The number of hydrogen-bond acceptors (Lipinski definition) is 3. The Morgan fingerprint density at radius 3 is 2.36 bits per heavy atom. The Hall–Kier alpha value is -2.14. The summed E-state index contributed by atoms with van der Waals surface area (Å²) in [6.45, 7) is 11.3. The third-order valence-corrected chi connectivity index (χ3v) is 4.34. The largest absolute Gasteiger partial charge is 0.481 e. The number of carboxylic acid groups (broad SMARTS) is 1. The fourth-order valence-electron chi connectivity index (χ4n) is 2.61. The van der Waals surface area contributed by atoms with Gasteiger partial charge in [0, 0.05) is 23.7 Å². The maximum atomic E-state index is 11.2. The van der Waals surface area contributed by atoms with Gasteiger partial charge in [-0.05, 0) is 38.9 Å². The van der Waals surface area contributed by atoms with E-state index in [0.717, 1.165) is 16.9 Å². The van der Waals surface area contributed by atoms with Crippen LogP contribution in [-0.4, -0.2) is 27.4 Å². The summed E-state index contributed by atoms with van der Waals surface area (Å²) in [5.74, 6) is -0.762. The van der Waals surface area contributed by atoms with Crippen LogP contribution in [0.4, 0.5) is 0 Å². The summed E-state index contributed by atoms with van der Waals surface area (Å²) in [4.78, 5) is 11.2. The minimum absolute atomic E-state index is 0.0582. The molecule has 0 spiro atoms. The number of nitrogens with one attached hydrogen (secondary N) is 1. The molecular formula is C20H29N3O2. The monoisotopic (exact) mass is 343 g/mol. The molecule has 0 amide bonds. The quantitative estimate of drug-likeness (QED) is 0.751.